The van der Waals surface area contributed by atoms with Gasteiger partial charge < -0.3 is 0 Å². The molecule has 0 fully saturated rings. The predicted octanol–water partition coefficient (Wildman–Crippen LogP) is 1.65. The standard InChI is InChI=1S/C10H8ClIN4O/c1-6-13-3-8(12)10(17)16(6)5-7-2-15-9(11)4-14-7/h2-4H,5H2,1H3. The maximum absolute atomic E-state index is 11.9. The Bertz CT molecular complexity index is 596. The second-order valence-corrected chi connectivity index (χ2v) is 4.92. The van der Waals surface area contributed by atoms with E-state index in [-0.39, 0.29) is 5.56 Å². The predicted molar refractivity (Wildman–Crippen MR) is 72.1 cm³/mol. The molecular formula is C10H8ClIN4O. The van der Waals surface area contributed by atoms with Crippen molar-refractivity contribution in [3.05, 3.63) is 49.2 Å². The first kappa shape index (κ1) is 12.4. The minimum Gasteiger partial charge on any atom is -0.290 e. The lowest BCUT2D eigenvalue weighted by Gasteiger charge is -2.08. The van der Waals surface area contributed by atoms with Gasteiger partial charge in [0.2, 0.25) is 0 Å². The summed E-state index contributed by atoms with van der Waals surface area (Å²) >= 11 is 7.61. The second kappa shape index (κ2) is 5.09. The van der Waals surface area contributed by atoms with Crippen LogP contribution in [-0.4, -0.2) is 19.5 Å². The molecule has 0 aliphatic rings. The van der Waals surface area contributed by atoms with E-state index in [1.54, 1.807) is 23.9 Å². The van der Waals surface area contributed by atoms with E-state index in [9.17, 15) is 4.79 Å². The van der Waals surface area contributed by atoms with Crippen molar-refractivity contribution >= 4 is 34.2 Å². The van der Waals surface area contributed by atoms with Crippen LogP contribution in [0.3, 0.4) is 0 Å². The molecule has 0 N–H and O–H groups in total. The summed E-state index contributed by atoms with van der Waals surface area (Å²) in [5, 5.41) is 0.332. The van der Waals surface area contributed by atoms with Gasteiger partial charge in [0, 0.05) is 6.20 Å². The van der Waals surface area contributed by atoms with E-state index in [1.807, 2.05) is 22.6 Å². The fourth-order valence-electron chi connectivity index (χ4n) is 1.32. The number of halogens is 2. The van der Waals surface area contributed by atoms with Gasteiger partial charge >= 0.3 is 0 Å². The summed E-state index contributed by atoms with van der Waals surface area (Å²) in [4.78, 5) is 24.1. The van der Waals surface area contributed by atoms with Gasteiger partial charge in [0.1, 0.15) is 11.0 Å². The molecule has 2 rings (SSSR count). The maximum Gasteiger partial charge on any atom is 0.267 e. The van der Waals surface area contributed by atoms with Crippen molar-refractivity contribution in [2.24, 2.45) is 0 Å². The smallest absolute Gasteiger partial charge is 0.267 e. The zero-order chi connectivity index (χ0) is 12.4. The fourth-order valence-corrected chi connectivity index (χ4v) is 1.85. The van der Waals surface area contributed by atoms with Crippen LogP contribution in [0.25, 0.3) is 0 Å². The SMILES string of the molecule is Cc1ncc(I)c(=O)n1Cc1cnc(Cl)cn1. The third kappa shape index (κ3) is 2.81. The zero-order valence-electron chi connectivity index (χ0n) is 8.89. The van der Waals surface area contributed by atoms with E-state index >= 15 is 0 Å². The van der Waals surface area contributed by atoms with Crippen LogP contribution >= 0.6 is 34.2 Å². The highest BCUT2D eigenvalue weighted by Crippen LogP contribution is 2.04. The Labute approximate surface area is 116 Å². The van der Waals surface area contributed by atoms with Crippen LogP contribution in [0.2, 0.25) is 5.15 Å². The summed E-state index contributed by atoms with van der Waals surface area (Å²) in [7, 11) is 0. The van der Waals surface area contributed by atoms with Gasteiger partial charge in [0.15, 0.2) is 0 Å². The van der Waals surface area contributed by atoms with Crippen LogP contribution < -0.4 is 5.56 Å². The van der Waals surface area contributed by atoms with Crippen LogP contribution in [0.15, 0.2) is 23.4 Å². The highest BCUT2D eigenvalue weighted by molar-refractivity contribution is 14.1. The lowest BCUT2D eigenvalue weighted by Crippen LogP contribution is -2.26. The van der Waals surface area contributed by atoms with Gasteiger partial charge in [-0.15, -0.1) is 0 Å². The van der Waals surface area contributed by atoms with Gasteiger partial charge in [0.05, 0.1) is 28.2 Å². The second-order valence-electron chi connectivity index (χ2n) is 3.38. The molecule has 88 valence electrons. The van der Waals surface area contributed by atoms with E-state index < -0.39 is 0 Å². The van der Waals surface area contributed by atoms with Crippen molar-refractivity contribution in [3.63, 3.8) is 0 Å². The van der Waals surface area contributed by atoms with Gasteiger partial charge in [-0.25, -0.2) is 9.97 Å². The average Bonchev–Trinajstić information content (AvgIpc) is 2.32. The van der Waals surface area contributed by atoms with Gasteiger partial charge in [-0.3, -0.25) is 14.3 Å². The summed E-state index contributed by atoms with van der Waals surface area (Å²) in [5.74, 6) is 0.646. The van der Waals surface area contributed by atoms with E-state index in [0.717, 1.165) is 0 Å². The molecule has 2 aromatic heterocycles. The van der Waals surface area contributed by atoms with Crippen LogP contribution in [0.4, 0.5) is 0 Å². The molecule has 0 aliphatic carbocycles. The van der Waals surface area contributed by atoms with Crippen molar-refractivity contribution < 1.29 is 0 Å². The molecule has 0 aliphatic heterocycles. The first-order chi connectivity index (χ1) is 8.08. The van der Waals surface area contributed by atoms with Crippen molar-refractivity contribution in [3.8, 4) is 0 Å². The summed E-state index contributed by atoms with van der Waals surface area (Å²) in [5.41, 5.74) is 0.596. The first-order valence-corrected chi connectivity index (χ1v) is 6.22. The molecule has 7 heteroatoms. The van der Waals surface area contributed by atoms with E-state index in [1.165, 1.54) is 6.20 Å². The van der Waals surface area contributed by atoms with Crippen molar-refractivity contribution in [1.82, 2.24) is 19.5 Å². The lowest BCUT2D eigenvalue weighted by molar-refractivity contribution is 0.678. The molecular weight excluding hydrogens is 354 g/mol. The van der Waals surface area contributed by atoms with Crippen molar-refractivity contribution in [2.45, 2.75) is 13.5 Å². The monoisotopic (exact) mass is 362 g/mol. The number of hydrogen-bond donors (Lipinski definition) is 0. The van der Waals surface area contributed by atoms with Gasteiger partial charge in [-0.1, -0.05) is 11.6 Å². The molecule has 2 heterocycles. The van der Waals surface area contributed by atoms with Gasteiger partial charge in [0.25, 0.3) is 5.56 Å². The van der Waals surface area contributed by atoms with Crippen molar-refractivity contribution in [1.29, 1.82) is 0 Å². The molecule has 0 saturated heterocycles. The molecule has 0 atom stereocenters. The number of aromatic nitrogens is 4. The maximum atomic E-state index is 11.9. The minimum atomic E-state index is -0.0742. The third-order valence-corrected chi connectivity index (χ3v) is 3.13. The average molecular weight is 363 g/mol. The van der Waals surface area contributed by atoms with Crippen molar-refractivity contribution in [2.75, 3.05) is 0 Å². The molecule has 0 spiro atoms. The number of aryl methyl sites for hydroxylation is 1. The molecule has 0 radical (unpaired) electrons. The topological polar surface area (TPSA) is 60.7 Å². The Morgan fingerprint density at radius 1 is 1.29 bits per heavy atom. The number of hydrogen-bond acceptors (Lipinski definition) is 4. The molecule has 0 unspecified atom stereocenters. The molecule has 17 heavy (non-hydrogen) atoms. The molecule has 0 amide bonds. The highest BCUT2D eigenvalue weighted by Gasteiger charge is 2.07. The Kier molecular flexibility index (Phi) is 3.72. The highest BCUT2D eigenvalue weighted by atomic mass is 127. The number of nitrogens with zero attached hydrogens (tertiary/aromatic N) is 4. The molecule has 5 nitrogen and oxygen atoms in total. The molecule has 2 aromatic rings. The Morgan fingerprint density at radius 2 is 2.06 bits per heavy atom. The van der Waals surface area contributed by atoms with Crippen LogP contribution in [0.1, 0.15) is 11.5 Å². The van der Waals surface area contributed by atoms with Gasteiger partial charge in [-0.05, 0) is 29.5 Å². The summed E-state index contributed by atoms with van der Waals surface area (Å²) in [6.07, 6.45) is 4.56. The molecule has 0 saturated carbocycles. The largest absolute Gasteiger partial charge is 0.290 e. The summed E-state index contributed by atoms with van der Waals surface area (Å²) in [6.45, 7) is 2.12. The fraction of sp³-hybridized carbons (Fsp3) is 0.200. The Balaban J connectivity index is 2.39. The Hall–Kier alpha value is -1.02. The van der Waals surface area contributed by atoms with E-state index in [4.69, 9.17) is 11.6 Å². The lowest BCUT2D eigenvalue weighted by atomic mass is 10.4. The summed E-state index contributed by atoms with van der Waals surface area (Å²) < 4.78 is 2.13. The van der Waals surface area contributed by atoms with Gasteiger partial charge in [-0.2, -0.15) is 0 Å². The van der Waals surface area contributed by atoms with E-state index in [0.29, 0.717) is 26.8 Å². The first-order valence-electron chi connectivity index (χ1n) is 4.76. The minimum absolute atomic E-state index is 0.0742. The number of rotatable bonds is 2. The van der Waals surface area contributed by atoms with Crippen LogP contribution in [0, 0.1) is 10.5 Å². The Morgan fingerprint density at radius 3 is 2.71 bits per heavy atom. The molecule has 0 bridgehead atoms. The van der Waals surface area contributed by atoms with E-state index in [2.05, 4.69) is 15.0 Å². The van der Waals surface area contributed by atoms with Crippen LogP contribution in [0.5, 0.6) is 0 Å². The normalized spacial score (nSPS) is 10.5. The molecule has 0 aromatic carbocycles. The van der Waals surface area contributed by atoms with Crippen LogP contribution in [-0.2, 0) is 6.54 Å². The third-order valence-electron chi connectivity index (χ3n) is 2.20. The quantitative estimate of drug-likeness (QED) is 0.762. The zero-order valence-corrected chi connectivity index (χ0v) is 11.8. The summed E-state index contributed by atoms with van der Waals surface area (Å²) in [6, 6.07) is 0.